The van der Waals surface area contributed by atoms with Gasteiger partial charge in [-0.25, -0.2) is 4.39 Å². The van der Waals surface area contributed by atoms with Gasteiger partial charge in [-0.3, -0.25) is 9.59 Å². The van der Waals surface area contributed by atoms with Crippen molar-refractivity contribution in [3.63, 3.8) is 0 Å². The summed E-state index contributed by atoms with van der Waals surface area (Å²) in [6.45, 7) is 2.37. The van der Waals surface area contributed by atoms with E-state index in [1.54, 1.807) is 43.5 Å². The maximum Gasteiger partial charge on any atom is 0.251 e. The number of H-pyrrole nitrogens is 1. The molecule has 1 fully saturated rings. The molecule has 1 aliphatic carbocycles. The maximum atomic E-state index is 13.4. The smallest absolute Gasteiger partial charge is 0.251 e. The Bertz CT molecular complexity index is 1300. The molecule has 0 atom stereocenters. The van der Waals surface area contributed by atoms with E-state index >= 15 is 0 Å². The molecule has 0 unspecified atom stereocenters. The number of hydrogen-bond acceptors (Lipinski definition) is 4. The number of aromatic nitrogens is 2. The lowest BCUT2D eigenvalue weighted by molar-refractivity contribution is 0.0951. The highest BCUT2D eigenvalue weighted by molar-refractivity contribution is 6.19. The molecule has 2 aromatic carbocycles. The lowest BCUT2D eigenvalue weighted by Crippen LogP contribution is -2.25. The first-order valence-corrected chi connectivity index (χ1v) is 10.2. The highest BCUT2D eigenvalue weighted by Crippen LogP contribution is 2.31. The molecule has 0 radical (unpaired) electrons. The van der Waals surface area contributed by atoms with E-state index in [9.17, 15) is 14.0 Å². The summed E-state index contributed by atoms with van der Waals surface area (Å²) in [4.78, 5) is 28.9. The van der Waals surface area contributed by atoms with Gasteiger partial charge in [0.05, 0.1) is 5.56 Å². The Morgan fingerprint density at radius 3 is 2.71 bits per heavy atom. The average molecular weight is 417 g/mol. The lowest BCUT2D eigenvalue weighted by atomic mass is 9.97. The number of aryl methyl sites for hydroxylation is 1. The number of halogens is 1. The second kappa shape index (κ2) is 7.50. The van der Waals surface area contributed by atoms with Gasteiger partial charge in [0.2, 0.25) is 5.78 Å². The van der Waals surface area contributed by atoms with E-state index in [1.807, 2.05) is 0 Å². The van der Waals surface area contributed by atoms with Gasteiger partial charge in [0.25, 0.3) is 5.91 Å². The molecule has 7 heteroatoms. The van der Waals surface area contributed by atoms with Crippen LogP contribution in [0.5, 0.6) is 0 Å². The van der Waals surface area contributed by atoms with Gasteiger partial charge >= 0.3 is 0 Å². The van der Waals surface area contributed by atoms with E-state index in [0.717, 1.165) is 0 Å². The van der Waals surface area contributed by atoms with Crippen LogP contribution in [-0.4, -0.2) is 28.4 Å². The number of benzene rings is 2. The SMILES string of the molecule is Cc1onc(-c2ccc(F)cc2)c1C(=O)c1c[nH]c2cc(C(=O)NCC3CC3)ccc12. The zero-order chi connectivity index (χ0) is 21.5. The summed E-state index contributed by atoms with van der Waals surface area (Å²) in [7, 11) is 0. The predicted octanol–water partition coefficient (Wildman–Crippen LogP) is 4.64. The van der Waals surface area contributed by atoms with E-state index in [4.69, 9.17) is 4.52 Å². The molecule has 0 bridgehead atoms. The molecule has 2 N–H and O–H groups in total. The predicted molar refractivity (Wildman–Crippen MR) is 113 cm³/mol. The van der Waals surface area contributed by atoms with Crippen LogP contribution in [0.4, 0.5) is 4.39 Å². The summed E-state index contributed by atoms with van der Waals surface area (Å²) in [5, 5.41) is 7.67. The van der Waals surface area contributed by atoms with Crippen molar-refractivity contribution < 1.29 is 18.5 Å². The number of amides is 1. The van der Waals surface area contributed by atoms with Crippen molar-refractivity contribution in [3.05, 3.63) is 76.9 Å². The van der Waals surface area contributed by atoms with Crippen LogP contribution >= 0.6 is 0 Å². The van der Waals surface area contributed by atoms with E-state index in [0.29, 0.717) is 57.1 Å². The van der Waals surface area contributed by atoms with Gasteiger partial charge in [-0.05, 0) is 62.1 Å². The molecule has 0 spiro atoms. The zero-order valence-corrected chi connectivity index (χ0v) is 16.9. The quantitative estimate of drug-likeness (QED) is 0.447. The maximum absolute atomic E-state index is 13.4. The third kappa shape index (κ3) is 3.63. The number of rotatable bonds is 6. The van der Waals surface area contributed by atoms with Gasteiger partial charge in [0.15, 0.2) is 0 Å². The fourth-order valence-corrected chi connectivity index (χ4v) is 3.70. The van der Waals surface area contributed by atoms with Crippen molar-refractivity contribution in [1.29, 1.82) is 0 Å². The van der Waals surface area contributed by atoms with Crippen LogP contribution < -0.4 is 5.32 Å². The second-order valence-corrected chi connectivity index (χ2v) is 7.91. The van der Waals surface area contributed by atoms with Crippen LogP contribution in [0.3, 0.4) is 0 Å². The third-order valence-electron chi connectivity index (χ3n) is 5.64. The molecule has 0 aliphatic heterocycles. The van der Waals surface area contributed by atoms with Crippen molar-refractivity contribution in [1.82, 2.24) is 15.5 Å². The summed E-state index contributed by atoms with van der Waals surface area (Å²) in [5.74, 6) is 0.240. The van der Waals surface area contributed by atoms with Crippen LogP contribution in [0.2, 0.25) is 0 Å². The van der Waals surface area contributed by atoms with E-state index < -0.39 is 0 Å². The van der Waals surface area contributed by atoms with Crippen molar-refractivity contribution >= 4 is 22.6 Å². The summed E-state index contributed by atoms with van der Waals surface area (Å²) < 4.78 is 18.6. The monoisotopic (exact) mass is 417 g/mol. The van der Waals surface area contributed by atoms with Crippen molar-refractivity contribution in [3.8, 4) is 11.3 Å². The van der Waals surface area contributed by atoms with Crippen LogP contribution in [0.1, 0.15) is 44.9 Å². The Labute approximate surface area is 177 Å². The Hall–Kier alpha value is -3.74. The number of aromatic amines is 1. The van der Waals surface area contributed by atoms with E-state index in [2.05, 4.69) is 15.5 Å². The molecule has 1 amide bonds. The largest absolute Gasteiger partial charge is 0.360 e. The zero-order valence-electron chi connectivity index (χ0n) is 16.9. The van der Waals surface area contributed by atoms with Crippen molar-refractivity contribution in [2.24, 2.45) is 5.92 Å². The number of carbonyl (C=O) groups is 2. The van der Waals surface area contributed by atoms with Crippen molar-refractivity contribution in [2.75, 3.05) is 6.54 Å². The first kappa shape index (κ1) is 19.2. The fourth-order valence-electron chi connectivity index (χ4n) is 3.70. The lowest BCUT2D eigenvalue weighted by Gasteiger charge is -2.05. The fraction of sp³-hybridized carbons (Fsp3) is 0.208. The topological polar surface area (TPSA) is 88.0 Å². The number of hydrogen-bond donors (Lipinski definition) is 2. The molecular formula is C24H20FN3O3. The normalized spacial score (nSPS) is 13.5. The number of carbonyl (C=O) groups excluding carboxylic acids is 2. The van der Waals surface area contributed by atoms with Gasteiger partial charge in [0.1, 0.15) is 17.3 Å². The highest BCUT2D eigenvalue weighted by atomic mass is 19.1. The summed E-state index contributed by atoms with van der Waals surface area (Å²) in [6.07, 6.45) is 3.97. The van der Waals surface area contributed by atoms with Gasteiger partial charge in [-0.15, -0.1) is 0 Å². The molecular weight excluding hydrogens is 397 g/mol. The average Bonchev–Trinajstić information content (AvgIpc) is 3.39. The van der Waals surface area contributed by atoms with Gasteiger partial charge in [-0.1, -0.05) is 11.2 Å². The minimum absolute atomic E-state index is 0.121. The second-order valence-electron chi connectivity index (χ2n) is 7.91. The summed E-state index contributed by atoms with van der Waals surface area (Å²) in [6, 6.07) is 11.0. The summed E-state index contributed by atoms with van der Waals surface area (Å²) >= 11 is 0. The van der Waals surface area contributed by atoms with E-state index in [-0.39, 0.29) is 17.5 Å². The molecule has 4 aromatic rings. The molecule has 31 heavy (non-hydrogen) atoms. The Kier molecular flexibility index (Phi) is 4.66. The van der Waals surface area contributed by atoms with Gasteiger partial charge in [0, 0.05) is 40.3 Å². The highest BCUT2D eigenvalue weighted by Gasteiger charge is 2.25. The number of fused-ring (bicyclic) bond motifs is 1. The first-order valence-electron chi connectivity index (χ1n) is 10.2. The Morgan fingerprint density at radius 1 is 1.19 bits per heavy atom. The first-order chi connectivity index (χ1) is 15.0. The molecule has 2 aromatic heterocycles. The Balaban J connectivity index is 1.47. The minimum atomic E-state index is -0.370. The molecule has 1 saturated carbocycles. The molecule has 0 saturated heterocycles. The van der Waals surface area contributed by atoms with Gasteiger partial charge < -0.3 is 14.8 Å². The molecule has 5 rings (SSSR count). The molecule has 1 aliphatic rings. The van der Waals surface area contributed by atoms with Gasteiger partial charge in [-0.2, -0.15) is 0 Å². The van der Waals surface area contributed by atoms with Crippen LogP contribution in [0, 0.1) is 18.7 Å². The third-order valence-corrected chi connectivity index (χ3v) is 5.64. The molecule has 2 heterocycles. The molecule has 6 nitrogen and oxygen atoms in total. The van der Waals surface area contributed by atoms with Crippen LogP contribution in [0.15, 0.2) is 53.2 Å². The minimum Gasteiger partial charge on any atom is -0.360 e. The number of ketones is 1. The number of nitrogens with one attached hydrogen (secondary N) is 2. The Morgan fingerprint density at radius 2 is 1.97 bits per heavy atom. The van der Waals surface area contributed by atoms with E-state index in [1.165, 1.54) is 25.0 Å². The van der Waals surface area contributed by atoms with Crippen molar-refractivity contribution in [2.45, 2.75) is 19.8 Å². The van der Waals surface area contributed by atoms with Crippen LogP contribution in [-0.2, 0) is 0 Å². The standard InChI is InChI=1S/C24H20FN3O3/c1-13-21(22(28-31-13)15-4-7-17(25)8-5-15)23(29)19-12-26-20-10-16(6-9-18(19)20)24(30)27-11-14-2-3-14/h4-10,12,14,26H,2-3,11H2,1H3,(H,27,30). The molecule has 156 valence electrons. The number of nitrogens with zero attached hydrogens (tertiary/aromatic N) is 1. The summed E-state index contributed by atoms with van der Waals surface area (Å²) in [5.41, 5.74) is 2.99. The van der Waals surface area contributed by atoms with Crippen LogP contribution in [0.25, 0.3) is 22.2 Å².